The third kappa shape index (κ3) is 2.26. The van der Waals surface area contributed by atoms with Crippen molar-refractivity contribution in [2.45, 2.75) is 6.18 Å². The van der Waals surface area contributed by atoms with Crippen molar-refractivity contribution in [2.24, 2.45) is 0 Å². The molecule has 0 spiro atoms. The van der Waals surface area contributed by atoms with Crippen molar-refractivity contribution in [2.75, 3.05) is 19.0 Å². The minimum atomic E-state index is -4.67. The van der Waals surface area contributed by atoms with Crippen LogP contribution in [0.15, 0.2) is 12.1 Å². The van der Waals surface area contributed by atoms with Gasteiger partial charge in [-0.2, -0.15) is 13.2 Å². The van der Waals surface area contributed by atoms with E-state index in [1.807, 2.05) is 0 Å². The molecule has 1 N–H and O–H groups in total. The van der Waals surface area contributed by atoms with Crippen molar-refractivity contribution in [1.29, 1.82) is 0 Å². The largest absolute Gasteiger partial charge is 0.507 e. The first-order valence-electron chi connectivity index (χ1n) is 4.34. The second-order valence-electron chi connectivity index (χ2n) is 3.44. The zero-order valence-corrected chi connectivity index (χ0v) is 8.67. The molecule has 0 fully saturated rings. The van der Waals surface area contributed by atoms with Crippen molar-refractivity contribution in [3.8, 4) is 5.75 Å². The predicted molar refractivity (Wildman–Crippen MR) is 52.8 cm³/mol. The topological polar surface area (TPSA) is 40.5 Å². The van der Waals surface area contributed by atoms with E-state index in [0.29, 0.717) is 0 Å². The van der Waals surface area contributed by atoms with E-state index in [1.54, 1.807) is 0 Å². The Hall–Kier alpha value is -1.72. The van der Waals surface area contributed by atoms with Crippen LogP contribution in [0.2, 0.25) is 0 Å². The molecule has 1 aromatic carbocycles. The minimum absolute atomic E-state index is 0.00238. The van der Waals surface area contributed by atoms with Crippen LogP contribution in [0.3, 0.4) is 0 Å². The Balaban J connectivity index is 3.49. The van der Waals surface area contributed by atoms with Gasteiger partial charge in [-0.1, -0.05) is 0 Å². The summed E-state index contributed by atoms with van der Waals surface area (Å²) in [6, 6.07) is 1.93. The van der Waals surface area contributed by atoms with Gasteiger partial charge in [0.05, 0.1) is 11.1 Å². The molecule has 16 heavy (non-hydrogen) atoms. The summed E-state index contributed by atoms with van der Waals surface area (Å²) >= 11 is 0. The maximum absolute atomic E-state index is 12.6. The third-order valence-corrected chi connectivity index (χ3v) is 2.08. The van der Waals surface area contributed by atoms with Crippen molar-refractivity contribution >= 4 is 12.0 Å². The van der Waals surface area contributed by atoms with Gasteiger partial charge in [-0.25, -0.2) is 0 Å². The molecule has 0 radical (unpaired) electrons. The molecule has 0 saturated carbocycles. The Bertz CT molecular complexity index is 413. The number of nitrogens with zero attached hydrogens (tertiary/aromatic N) is 1. The van der Waals surface area contributed by atoms with Gasteiger partial charge in [0.1, 0.15) is 5.75 Å². The summed E-state index contributed by atoms with van der Waals surface area (Å²) in [5, 5.41) is 9.33. The zero-order valence-electron chi connectivity index (χ0n) is 8.67. The molecule has 88 valence electrons. The Kier molecular flexibility index (Phi) is 3.11. The zero-order chi connectivity index (χ0) is 12.5. The number of anilines is 1. The molecule has 6 heteroatoms. The standard InChI is InChI=1S/C10H10F3NO2/c1-14(2)6-3-8(10(11,12)13)7(5-15)9(16)4-6/h3-5,16H,1-2H3. The number of benzene rings is 1. The van der Waals surface area contributed by atoms with Gasteiger partial charge in [0, 0.05) is 25.8 Å². The number of carbonyl (C=O) groups excluding carboxylic acids is 1. The first-order chi connectivity index (χ1) is 7.27. The first kappa shape index (κ1) is 12.4. The molecule has 0 amide bonds. The molecule has 0 unspecified atom stereocenters. The summed E-state index contributed by atoms with van der Waals surface area (Å²) in [6.07, 6.45) is -4.67. The number of alkyl halides is 3. The maximum atomic E-state index is 12.6. The van der Waals surface area contributed by atoms with E-state index < -0.39 is 23.1 Å². The summed E-state index contributed by atoms with van der Waals surface area (Å²) in [5.74, 6) is -0.673. The Morgan fingerprint density at radius 2 is 1.88 bits per heavy atom. The van der Waals surface area contributed by atoms with Crippen LogP contribution in [0.4, 0.5) is 18.9 Å². The van der Waals surface area contributed by atoms with Crippen molar-refractivity contribution in [3.05, 3.63) is 23.3 Å². The van der Waals surface area contributed by atoms with Gasteiger partial charge in [0.25, 0.3) is 0 Å². The van der Waals surface area contributed by atoms with Crippen LogP contribution in [-0.4, -0.2) is 25.5 Å². The van der Waals surface area contributed by atoms with Gasteiger partial charge in [-0.3, -0.25) is 4.79 Å². The fourth-order valence-corrected chi connectivity index (χ4v) is 1.24. The molecule has 0 aromatic heterocycles. The maximum Gasteiger partial charge on any atom is 0.417 e. The highest BCUT2D eigenvalue weighted by molar-refractivity contribution is 5.83. The molecule has 0 saturated heterocycles. The number of aromatic hydroxyl groups is 1. The number of halogens is 3. The number of phenolic OH excluding ortho intramolecular Hbond substituents is 1. The highest BCUT2D eigenvalue weighted by Gasteiger charge is 2.35. The Morgan fingerprint density at radius 1 is 1.31 bits per heavy atom. The summed E-state index contributed by atoms with van der Waals surface area (Å²) in [7, 11) is 3.07. The SMILES string of the molecule is CN(C)c1cc(O)c(C=O)c(C(F)(F)F)c1. The van der Waals surface area contributed by atoms with E-state index in [-0.39, 0.29) is 12.0 Å². The third-order valence-electron chi connectivity index (χ3n) is 2.08. The van der Waals surface area contributed by atoms with E-state index in [2.05, 4.69) is 0 Å². The summed E-state index contributed by atoms with van der Waals surface area (Å²) in [4.78, 5) is 11.9. The lowest BCUT2D eigenvalue weighted by Crippen LogP contribution is -2.14. The average molecular weight is 233 g/mol. The highest BCUT2D eigenvalue weighted by atomic mass is 19.4. The fourth-order valence-electron chi connectivity index (χ4n) is 1.24. The smallest absolute Gasteiger partial charge is 0.417 e. The molecule has 0 aliphatic heterocycles. The van der Waals surface area contributed by atoms with Crippen LogP contribution >= 0.6 is 0 Å². The average Bonchev–Trinajstić information content (AvgIpc) is 2.14. The second kappa shape index (κ2) is 4.03. The van der Waals surface area contributed by atoms with Crippen molar-refractivity contribution in [1.82, 2.24) is 0 Å². The van der Waals surface area contributed by atoms with Gasteiger partial charge >= 0.3 is 6.18 Å². The monoisotopic (exact) mass is 233 g/mol. The van der Waals surface area contributed by atoms with Crippen LogP contribution in [-0.2, 0) is 6.18 Å². The molecule has 3 nitrogen and oxygen atoms in total. The minimum Gasteiger partial charge on any atom is -0.507 e. The number of phenols is 1. The molecule has 0 aliphatic rings. The number of carbonyl (C=O) groups is 1. The van der Waals surface area contributed by atoms with Crippen LogP contribution in [0, 0.1) is 0 Å². The lowest BCUT2D eigenvalue weighted by Gasteiger charge is -2.17. The molecule has 0 atom stereocenters. The van der Waals surface area contributed by atoms with E-state index in [9.17, 15) is 23.1 Å². The Labute approximate surface area is 90.1 Å². The summed E-state index contributed by atoms with van der Waals surface area (Å²) in [5.41, 5.74) is -1.69. The van der Waals surface area contributed by atoms with E-state index in [4.69, 9.17) is 0 Å². The van der Waals surface area contributed by atoms with E-state index in [0.717, 1.165) is 12.1 Å². The van der Waals surface area contributed by atoms with Gasteiger partial charge in [0.2, 0.25) is 0 Å². The highest BCUT2D eigenvalue weighted by Crippen LogP contribution is 2.37. The van der Waals surface area contributed by atoms with Gasteiger partial charge in [-0.05, 0) is 6.07 Å². The second-order valence-corrected chi connectivity index (χ2v) is 3.44. The predicted octanol–water partition coefficient (Wildman–Crippen LogP) is 2.29. The van der Waals surface area contributed by atoms with Crippen molar-refractivity contribution in [3.63, 3.8) is 0 Å². The Morgan fingerprint density at radius 3 is 2.25 bits per heavy atom. The summed E-state index contributed by atoms with van der Waals surface area (Å²) < 4.78 is 37.7. The molecule has 0 aliphatic carbocycles. The molecule has 0 bridgehead atoms. The molecule has 1 aromatic rings. The number of aldehydes is 1. The lowest BCUT2D eigenvalue weighted by atomic mass is 10.1. The molecule has 0 heterocycles. The van der Waals surface area contributed by atoms with Gasteiger partial charge < -0.3 is 10.0 Å². The van der Waals surface area contributed by atoms with E-state index >= 15 is 0 Å². The first-order valence-corrected chi connectivity index (χ1v) is 4.34. The fraction of sp³-hybridized carbons (Fsp3) is 0.300. The van der Waals surface area contributed by atoms with Crippen LogP contribution in [0.1, 0.15) is 15.9 Å². The number of rotatable bonds is 2. The number of hydrogen-bond donors (Lipinski definition) is 1. The van der Waals surface area contributed by atoms with Gasteiger partial charge in [-0.15, -0.1) is 0 Å². The molecular weight excluding hydrogens is 223 g/mol. The molecular formula is C10H10F3NO2. The van der Waals surface area contributed by atoms with Crippen molar-refractivity contribution < 1.29 is 23.1 Å². The van der Waals surface area contributed by atoms with E-state index in [1.165, 1.54) is 19.0 Å². The normalized spacial score (nSPS) is 11.3. The van der Waals surface area contributed by atoms with Crippen LogP contribution in [0.5, 0.6) is 5.75 Å². The quantitative estimate of drug-likeness (QED) is 0.797. The summed E-state index contributed by atoms with van der Waals surface area (Å²) in [6.45, 7) is 0. The molecule has 1 rings (SSSR count). The van der Waals surface area contributed by atoms with Crippen LogP contribution in [0.25, 0.3) is 0 Å². The van der Waals surface area contributed by atoms with Gasteiger partial charge in [0.15, 0.2) is 6.29 Å². The lowest BCUT2D eigenvalue weighted by molar-refractivity contribution is -0.137. The van der Waals surface area contributed by atoms with Crippen LogP contribution < -0.4 is 4.90 Å². The number of hydrogen-bond acceptors (Lipinski definition) is 3.